The summed E-state index contributed by atoms with van der Waals surface area (Å²) < 4.78 is 41.5. The van der Waals surface area contributed by atoms with E-state index >= 15 is 0 Å². The third kappa shape index (κ3) is 4.13. The van der Waals surface area contributed by atoms with Gasteiger partial charge in [0.05, 0.1) is 10.5 Å². The van der Waals surface area contributed by atoms with Crippen molar-refractivity contribution in [2.24, 2.45) is 5.92 Å². The molecule has 2 aromatic rings. The van der Waals surface area contributed by atoms with Gasteiger partial charge in [0.1, 0.15) is 5.82 Å². The summed E-state index contributed by atoms with van der Waals surface area (Å²) in [7, 11) is -3.70. The lowest BCUT2D eigenvalue weighted by molar-refractivity contribution is 0.0370. The number of halogens is 1. The highest BCUT2D eigenvalue weighted by atomic mass is 32.2. The van der Waals surface area contributed by atoms with E-state index in [1.165, 1.54) is 10.4 Å². The monoisotopic (exact) mass is 389 g/mol. The van der Waals surface area contributed by atoms with E-state index in [0.29, 0.717) is 11.1 Å². The number of nitrogens with zero attached hydrogens (tertiary/aromatic N) is 1. The molecule has 1 aliphatic rings. The molecule has 6 heteroatoms. The van der Waals surface area contributed by atoms with Crippen molar-refractivity contribution in [2.45, 2.75) is 31.3 Å². The molecule has 0 spiro atoms. The van der Waals surface area contributed by atoms with E-state index in [-0.39, 0.29) is 23.8 Å². The Morgan fingerprint density at radius 2 is 1.78 bits per heavy atom. The van der Waals surface area contributed by atoms with Gasteiger partial charge < -0.3 is 5.11 Å². The van der Waals surface area contributed by atoms with E-state index in [1.807, 2.05) is 6.92 Å². The Bertz CT molecular complexity index is 960. The Labute approximate surface area is 160 Å². The van der Waals surface area contributed by atoms with Crippen molar-refractivity contribution in [3.8, 4) is 0 Å². The number of hydrogen-bond acceptors (Lipinski definition) is 3. The Morgan fingerprint density at radius 1 is 1.15 bits per heavy atom. The Kier molecular flexibility index (Phi) is 5.25. The zero-order valence-corrected chi connectivity index (χ0v) is 16.5. The second kappa shape index (κ2) is 7.19. The zero-order valence-electron chi connectivity index (χ0n) is 15.7. The molecular weight excluding hydrogens is 365 g/mol. The molecule has 1 aliphatic heterocycles. The van der Waals surface area contributed by atoms with Crippen molar-refractivity contribution in [3.63, 3.8) is 0 Å². The first-order valence-electron chi connectivity index (χ1n) is 8.83. The minimum Gasteiger partial charge on any atom is -0.390 e. The van der Waals surface area contributed by atoms with Crippen molar-refractivity contribution in [3.05, 3.63) is 71.0 Å². The molecule has 0 bridgehead atoms. The highest BCUT2D eigenvalue weighted by Gasteiger charge is 2.42. The van der Waals surface area contributed by atoms with Crippen molar-refractivity contribution < 1.29 is 17.9 Å². The zero-order chi connectivity index (χ0) is 19.8. The molecule has 1 saturated heterocycles. The van der Waals surface area contributed by atoms with E-state index in [4.69, 9.17) is 0 Å². The van der Waals surface area contributed by atoms with Crippen LogP contribution < -0.4 is 0 Å². The largest absolute Gasteiger partial charge is 0.390 e. The number of sulfonamides is 1. The lowest BCUT2D eigenvalue weighted by Gasteiger charge is -2.26. The van der Waals surface area contributed by atoms with E-state index < -0.39 is 21.5 Å². The number of rotatable bonds is 4. The van der Waals surface area contributed by atoms with Gasteiger partial charge in [0.2, 0.25) is 10.0 Å². The molecule has 0 amide bonds. The first-order valence-corrected chi connectivity index (χ1v) is 10.3. The van der Waals surface area contributed by atoms with Gasteiger partial charge in [0, 0.05) is 24.6 Å². The molecule has 0 aromatic heterocycles. The van der Waals surface area contributed by atoms with E-state index in [1.54, 1.807) is 62.4 Å². The average molecular weight is 389 g/mol. The van der Waals surface area contributed by atoms with E-state index in [9.17, 15) is 17.9 Å². The Morgan fingerprint density at radius 3 is 2.37 bits per heavy atom. The second-order valence-corrected chi connectivity index (χ2v) is 9.50. The van der Waals surface area contributed by atoms with Crippen molar-refractivity contribution in [1.82, 2.24) is 4.31 Å². The molecule has 1 fully saturated rings. The molecule has 0 radical (unpaired) electrons. The van der Waals surface area contributed by atoms with Crippen molar-refractivity contribution >= 4 is 16.1 Å². The first kappa shape index (κ1) is 19.7. The van der Waals surface area contributed by atoms with Gasteiger partial charge in [-0.3, -0.25) is 0 Å². The van der Waals surface area contributed by atoms with Gasteiger partial charge >= 0.3 is 0 Å². The SMILES string of the molecule is Cc1ccc(S(=O)(=O)N2C/C(=C\c3ccccc3F)C(C(C)(C)O)C2)cc1. The van der Waals surface area contributed by atoms with Crippen LogP contribution in [-0.2, 0) is 10.0 Å². The highest BCUT2D eigenvalue weighted by molar-refractivity contribution is 7.89. The van der Waals surface area contributed by atoms with Gasteiger partial charge in [-0.25, -0.2) is 12.8 Å². The van der Waals surface area contributed by atoms with Gasteiger partial charge in [-0.05, 0) is 44.5 Å². The third-order valence-electron chi connectivity index (χ3n) is 4.95. The molecule has 27 heavy (non-hydrogen) atoms. The maximum absolute atomic E-state index is 14.1. The van der Waals surface area contributed by atoms with E-state index in [2.05, 4.69) is 0 Å². The molecule has 3 rings (SSSR count). The van der Waals surface area contributed by atoms with Crippen LogP contribution in [-0.4, -0.2) is 36.5 Å². The predicted molar refractivity (Wildman–Crippen MR) is 104 cm³/mol. The summed E-state index contributed by atoms with van der Waals surface area (Å²) in [4.78, 5) is 0.217. The van der Waals surface area contributed by atoms with Crippen LogP contribution in [0.5, 0.6) is 0 Å². The second-order valence-electron chi connectivity index (χ2n) is 7.56. The summed E-state index contributed by atoms with van der Waals surface area (Å²) in [5, 5.41) is 10.6. The summed E-state index contributed by atoms with van der Waals surface area (Å²) in [5.74, 6) is -0.795. The highest BCUT2D eigenvalue weighted by Crippen LogP contribution is 2.36. The van der Waals surface area contributed by atoms with E-state index in [0.717, 1.165) is 5.56 Å². The fourth-order valence-corrected chi connectivity index (χ4v) is 4.80. The maximum Gasteiger partial charge on any atom is 0.243 e. The smallest absolute Gasteiger partial charge is 0.243 e. The fourth-order valence-electron chi connectivity index (χ4n) is 3.36. The number of hydrogen-bond donors (Lipinski definition) is 1. The summed E-state index contributed by atoms with van der Waals surface area (Å²) in [6.45, 7) is 5.47. The summed E-state index contributed by atoms with van der Waals surface area (Å²) in [5.41, 5.74) is 0.929. The van der Waals surface area contributed by atoms with Gasteiger partial charge in [-0.2, -0.15) is 4.31 Å². The molecule has 144 valence electrons. The molecule has 0 aliphatic carbocycles. The van der Waals surface area contributed by atoms with Crippen molar-refractivity contribution in [2.75, 3.05) is 13.1 Å². The first-order chi connectivity index (χ1) is 12.6. The van der Waals surface area contributed by atoms with Crippen LogP contribution in [0, 0.1) is 18.7 Å². The summed E-state index contributed by atoms with van der Waals surface area (Å²) >= 11 is 0. The van der Waals surface area contributed by atoms with Crippen LogP contribution in [0.3, 0.4) is 0 Å². The average Bonchev–Trinajstić information content (AvgIpc) is 3.02. The van der Waals surface area contributed by atoms with Crippen LogP contribution >= 0.6 is 0 Å². The molecule has 0 saturated carbocycles. The molecule has 1 heterocycles. The third-order valence-corrected chi connectivity index (χ3v) is 6.78. The molecule has 1 atom stereocenters. The molecule has 4 nitrogen and oxygen atoms in total. The van der Waals surface area contributed by atoms with Crippen LogP contribution in [0.2, 0.25) is 0 Å². The molecule has 1 N–H and O–H groups in total. The van der Waals surface area contributed by atoms with Crippen LogP contribution in [0.15, 0.2) is 59.0 Å². The van der Waals surface area contributed by atoms with Gasteiger partial charge in [0.25, 0.3) is 0 Å². The topological polar surface area (TPSA) is 57.6 Å². The molecule has 2 aromatic carbocycles. The van der Waals surface area contributed by atoms with Gasteiger partial charge in [0.15, 0.2) is 0 Å². The predicted octanol–water partition coefficient (Wildman–Crippen LogP) is 3.61. The number of aliphatic hydroxyl groups is 1. The Hall–Kier alpha value is -2.02. The summed E-state index contributed by atoms with van der Waals surface area (Å²) in [6, 6.07) is 13.0. The minimum atomic E-state index is -3.70. The lowest BCUT2D eigenvalue weighted by Crippen LogP contribution is -2.35. The lowest BCUT2D eigenvalue weighted by atomic mass is 9.86. The fraction of sp³-hybridized carbons (Fsp3) is 0.333. The van der Waals surface area contributed by atoms with Crippen LogP contribution in [0.25, 0.3) is 6.08 Å². The van der Waals surface area contributed by atoms with Crippen LogP contribution in [0.1, 0.15) is 25.0 Å². The maximum atomic E-state index is 14.1. The van der Waals surface area contributed by atoms with Gasteiger partial charge in [-0.1, -0.05) is 42.0 Å². The quantitative estimate of drug-likeness (QED) is 0.869. The normalized spacial score (nSPS) is 20.3. The summed E-state index contributed by atoms with van der Waals surface area (Å²) in [6.07, 6.45) is 1.66. The van der Waals surface area contributed by atoms with Crippen molar-refractivity contribution in [1.29, 1.82) is 0 Å². The Balaban J connectivity index is 1.99. The molecular formula is C21H24FNO3S. The number of benzene rings is 2. The van der Waals surface area contributed by atoms with Gasteiger partial charge in [-0.15, -0.1) is 0 Å². The van der Waals surface area contributed by atoms with Crippen LogP contribution in [0.4, 0.5) is 4.39 Å². The number of aryl methyl sites for hydroxylation is 1. The minimum absolute atomic E-state index is 0.124. The molecule has 1 unspecified atom stereocenters. The standard InChI is InChI=1S/C21H24FNO3S/c1-15-8-10-18(11-9-15)27(25,26)23-13-17(19(14-23)21(2,3)24)12-16-6-4-5-7-20(16)22/h4-12,19,24H,13-14H2,1-3H3/b17-12+.